The molecule has 2 aromatic carbocycles. The van der Waals surface area contributed by atoms with Crippen LogP contribution < -0.4 is 10.4 Å². The Morgan fingerprint density at radius 2 is 1.42 bits per heavy atom. The van der Waals surface area contributed by atoms with Crippen LogP contribution in [0.4, 0.5) is 0 Å². The van der Waals surface area contributed by atoms with Gasteiger partial charge in [-0.2, -0.15) is 0 Å². The maximum Gasteiger partial charge on any atom is 0.261 e. The lowest BCUT2D eigenvalue weighted by atomic mass is 10.2. The molecule has 0 unspecified atom stereocenters. The molecule has 24 heavy (non-hydrogen) atoms. The Balaban J connectivity index is 2.51. The van der Waals surface area contributed by atoms with E-state index in [1.807, 2.05) is 0 Å². The fraction of sp³-hybridized carbons (Fsp3) is 0.333. The molecule has 0 amide bonds. The third kappa shape index (κ3) is 4.38. The largest absolute Gasteiger partial charge is 0.407 e. The minimum atomic E-state index is -2.35. The van der Waals surface area contributed by atoms with Gasteiger partial charge in [-0.1, -0.05) is 87.5 Å². The normalized spacial score (nSPS) is 13.1. The van der Waals surface area contributed by atoms with Gasteiger partial charge in [0.25, 0.3) is 8.32 Å². The summed E-state index contributed by atoms with van der Waals surface area (Å²) in [5.74, 6) is 0. The molecule has 3 heteroatoms. The third-order valence-electron chi connectivity index (χ3n) is 4.28. The van der Waals surface area contributed by atoms with Gasteiger partial charge in [-0.3, -0.25) is 0 Å². The molecule has 0 fully saturated rings. The third-order valence-corrected chi connectivity index (χ3v) is 9.76. The highest BCUT2D eigenvalue weighted by molar-refractivity contribution is 14.1. The van der Waals surface area contributed by atoms with E-state index in [2.05, 4.69) is 117 Å². The first-order chi connectivity index (χ1) is 11.4. The standard InChI is InChI=1S/C21H27IOSi/c1-18(22)12-11-17-23-24(21(2,3)4,19-13-7-5-8-14-19)20-15-9-6-10-16-20/h5-10,12-16H,11,17H2,1-4H3/b18-12-. The number of allylic oxidation sites excluding steroid dienone is 1. The van der Waals surface area contributed by atoms with Gasteiger partial charge < -0.3 is 4.43 Å². The van der Waals surface area contributed by atoms with E-state index in [9.17, 15) is 0 Å². The van der Waals surface area contributed by atoms with Crippen molar-refractivity contribution in [2.45, 2.75) is 39.2 Å². The van der Waals surface area contributed by atoms with E-state index < -0.39 is 8.32 Å². The van der Waals surface area contributed by atoms with Crippen LogP contribution in [0.15, 0.2) is 70.3 Å². The minimum Gasteiger partial charge on any atom is -0.407 e. The molecule has 0 bridgehead atoms. The van der Waals surface area contributed by atoms with Crippen molar-refractivity contribution in [1.29, 1.82) is 0 Å². The van der Waals surface area contributed by atoms with Gasteiger partial charge >= 0.3 is 0 Å². The maximum atomic E-state index is 6.81. The van der Waals surface area contributed by atoms with E-state index in [0.29, 0.717) is 0 Å². The first-order valence-electron chi connectivity index (χ1n) is 8.45. The van der Waals surface area contributed by atoms with Gasteiger partial charge in [-0.25, -0.2) is 0 Å². The molecule has 0 aliphatic carbocycles. The van der Waals surface area contributed by atoms with Gasteiger partial charge in [-0.05, 0) is 54.9 Å². The summed E-state index contributed by atoms with van der Waals surface area (Å²) in [7, 11) is -2.35. The van der Waals surface area contributed by atoms with Crippen LogP contribution in [-0.2, 0) is 4.43 Å². The van der Waals surface area contributed by atoms with Gasteiger partial charge in [0, 0.05) is 6.61 Å². The summed E-state index contributed by atoms with van der Waals surface area (Å²) >= 11 is 2.36. The minimum absolute atomic E-state index is 0.0544. The zero-order valence-electron chi connectivity index (χ0n) is 15.1. The Bertz CT molecular complexity index is 616. The Morgan fingerprint density at radius 3 is 1.79 bits per heavy atom. The predicted molar refractivity (Wildman–Crippen MR) is 116 cm³/mol. The Morgan fingerprint density at radius 1 is 0.958 bits per heavy atom. The van der Waals surface area contributed by atoms with Crippen LogP contribution in [0.25, 0.3) is 0 Å². The van der Waals surface area contributed by atoms with Crippen LogP contribution >= 0.6 is 22.6 Å². The second kappa shape index (κ2) is 8.45. The van der Waals surface area contributed by atoms with Crippen LogP contribution in [0.3, 0.4) is 0 Å². The molecule has 0 spiro atoms. The van der Waals surface area contributed by atoms with E-state index in [1.54, 1.807) is 0 Å². The highest BCUT2D eigenvalue weighted by Crippen LogP contribution is 2.36. The average molecular weight is 450 g/mol. The number of hydrogen-bond acceptors (Lipinski definition) is 1. The first kappa shape index (κ1) is 19.4. The van der Waals surface area contributed by atoms with Crippen molar-refractivity contribution in [3.05, 3.63) is 70.3 Å². The molecule has 1 nitrogen and oxygen atoms in total. The zero-order valence-corrected chi connectivity index (χ0v) is 18.2. The van der Waals surface area contributed by atoms with Gasteiger partial charge in [0.2, 0.25) is 0 Å². The highest BCUT2D eigenvalue weighted by Gasteiger charge is 2.49. The van der Waals surface area contributed by atoms with Crippen LogP contribution in [0.5, 0.6) is 0 Å². The summed E-state index contributed by atoms with van der Waals surface area (Å²) in [6.45, 7) is 9.84. The summed E-state index contributed by atoms with van der Waals surface area (Å²) in [5, 5.41) is 2.75. The van der Waals surface area contributed by atoms with Crippen molar-refractivity contribution in [2.75, 3.05) is 6.61 Å². The molecule has 0 heterocycles. The van der Waals surface area contributed by atoms with Crippen molar-refractivity contribution in [1.82, 2.24) is 0 Å². The number of rotatable bonds is 6. The quantitative estimate of drug-likeness (QED) is 0.330. The molecule has 0 aromatic heterocycles. The monoisotopic (exact) mass is 450 g/mol. The lowest BCUT2D eigenvalue weighted by molar-refractivity contribution is 0.304. The molecule has 0 N–H and O–H groups in total. The second-order valence-electron chi connectivity index (χ2n) is 7.09. The molecule has 128 valence electrons. The van der Waals surface area contributed by atoms with Gasteiger partial charge in [0.1, 0.15) is 0 Å². The second-order valence-corrected chi connectivity index (χ2v) is 13.1. The average Bonchev–Trinajstić information content (AvgIpc) is 2.55. The Labute approximate surface area is 161 Å². The number of benzene rings is 2. The summed E-state index contributed by atoms with van der Waals surface area (Å²) < 4.78 is 8.13. The van der Waals surface area contributed by atoms with E-state index in [1.165, 1.54) is 14.0 Å². The first-order valence-corrected chi connectivity index (χ1v) is 11.4. The summed E-state index contributed by atoms with van der Waals surface area (Å²) in [6, 6.07) is 21.6. The summed E-state index contributed by atoms with van der Waals surface area (Å²) in [6.07, 6.45) is 3.21. The van der Waals surface area contributed by atoms with Crippen molar-refractivity contribution in [3.8, 4) is 0 Å². The van der Waals surface area contributed by atoms with Crippen LogP contribution in [0.2, 0.25) is 5.04 Å². The molecule has 0 aliphatic rings. The van der Waals surface area contributed by atoms with E-state index >= 15 is 0 Å². The lowest BCUT2D eigenvalue weighted by Crippen LogP contribution is -2.66. The molecular weight excluding hydrogens is 423 g/mol. The number of hydrogen-bond donors (Lipinski definition) is 0. The van der Waals surface area contributed by atoms with Gasteiger partial charge in [-0.15, -0.1) is 0 Å². The number of halogens is 1. The van der Waals surface area contributed by atoms with Crippen molar-refractivity contribution < 1.29 is 4.43 Å². The van der Waals surface area contributed by atoms with E-state index in [-0.39, 0.29) is 5.04 Å². The maximum absolute atomic E-state index is 6.81. The smallest absolute Gasteiger partial charge is 0.261 e. The van der Waals surface area contributed by atoms with Gasteiger partial charge in [0.15, 0.2) is 0 Å². The van der Waals surface area contributed by atoms with E-state index in [0.717, 1.165) is 13.0 Å². The molecule has 0 radical (unpaired) electrons. The van der Waals surface area contributed by atoms with Crippen molar-refractivity contribution >= 4 is 41.3 Å². The lowest BCUT2D eigenvalue weighted by Gasteiger charge is -2.43. The highest BCUT2D eigenvalue weighted by atomic mass is 127. The Hall–Kier alpha value is -0.913. The molecule has 0 saturated heterocycles. The molecular formula is C21H27IOSi. The van der Waals surface area contributed by atoms with Crippen LogP contribution in [0.1, 0.15) is 34.1 Å². The molecule has 2 aromatic rings. The van der Waals surface area contributed by atoms with Crippen molar-refractivity contribution in [2.24, 2.45) is 0 Å². The predicted octanol–water partition coefficient (Wildman–Crippen LogP) is 5.29. The summed E-state index contributed by atoms with van der Waals surface area (Å²) in [4.78, 5) is 0. The van der Waals surface area contributed by atoms with Crippen LogP contribution in [-0.4, -0.2) is 14.9 Å². The fourth-order valence-electron chi connectivity index (χ4n) is 3.23. The van der Waals surface area contributed by atoms with E-state index in [4.69, 9.17) is 4.43 Å². The fourth-order valence-corrected chi connectivity index (χ4v) is 8.12. The van der Waals surface area contributed by atoms with Gasteiger partial charge in [0.05, 0.1) is 0 Å². The summed E-state index contributed by atoms with van der Waals surface area (Å²) in [5.41, 5.74) is 0. The molecule has 0 saturated carbocycles. The molecule has 2 rings (SSSR count). The molecule has 0 atom stereocenters. The zero-order chi connectivity index (χ0) is 17.6. The van der Waals surface area contributed by atoms with Crippen molar-refractivity contribution in [3.63, 3.8) is 0 Å². The topological polar surface area (TPSA) is 9.23 Å². The van der Waals surface area contributed by atoms with Crippen LogP contribution in [0, 0.1) is 0 Å². The SMILES string of the molecule is C/C(I)=C/CCO[Si](c1ccccc1)(c1ccccc1)C(C)(C)C. The molecule has 0 aliphatic heterocycles. The Kier molecular flexibility index (Phi) is 6.84.